The van der Waals surface area contributed by atoms with Crippen LogP contribution >= 0.6 is 0 Å². The first-order valence-electron chi connectivity index (χ1n) is 11.4. The van der Waals surface area contributed by atoms with Gasteiger partial charge in [0.15, 0.2) is 0 Å². The molecule has 0 aliphatic carbocycles. The molecule has 1 N–H and O–H groups in total. The Morgan fingerprint density at radius 1 is 1.07 bits per heavy atom. The van der Waals surface area contributed by atoms with E-state index < -0.39 is 0 Å². The van der Waals surface area contributed by atoms with Crippen molar-refractivity contribution in [1.29, 1.82) is 0 Å². The van der Waals surface area contributed by atoms with Crippen LogP contribution in [-0.4, -0.2) is 31.1 Å². The number of amides is 1. The Bertz CT molecular complexity index is 647. The number of carbonyl (C=O) groups is 2. The van der Waals surface area contributed by atoms with Crippen molar-refractivity contribution in [2.75, 3.05) is 18.1 Å². The van der Waals surface area contributed by atoms with E-state index in [2.05, 4.69) is 30.4 Å². The van der Waals surface area contributed by atoms with Crippen molar-refractivity contribution in [3.8, 4) is 0 Å². The van der Waals surface area contributed by atoms with E-state index in [0.717, 1.165) is 37.9 Å². The molecule has 0 aromatic heterocycles. The lowest BCUT2D eigenvalue weighted by atomic mass is 9.91. The van der Waals surface area contributed by atoms with Gasteiger partial charge in [-0.25, -0.2) is 0 Å². The van der Waals surface area contributed by atoms with Crippen LogP contribution in [-0.2, 0) is 14.3 Å². The smallest absolute Gasteiger partial charge is 0.305 e. The van der Waals surface area contributed by atoms with E-state index in [4.69, 9.17) is 4.74 Å². The zero-order valence-corrected chi connectivity index (χ0v) is 18.4. The molecule has 0 bridgehead atoms. The van der Waals surface area contributed by atoms with Gasteiger partial charge in [0, 0.05) is 30.6 Å². The van der Waals surface area contributed by atoms with Gasteiger partial charge in [-0.1, -0.05) is 50.8 Å². The summed E-state index contributed by atoms with van der Waals surface area (Å²) in [5.41, 5.74) is 2.31. The highest BCUT2D eigenvalue weighted by molar-refractivity contribution is 5.95. The molecule has 0 saturated heterocycles. The third-order valence-corrected chi connectivity index (χ3v) is 5.66. The van der Waals surface area contributed by atoms with Gasteiger partial charge >= 0.3 is 5.97 Å². The van der Waals surface area contributed by atoms with Crippen LogP contribution in [0.2, 0.25) is 0 Å². The molecule has 0 spiro atoms. The second-order valence-corrected chi connectivity index (χ2v) is 7.94. The van der Waals surface area contributed by atoms with Crippen molar-refractivity contribution in [2.45, 2.75) is 90.6 Å². The van der Waals surface area contributed by atoms with Crippen LogP contribution in [0.15, 0.2) is 24.3 Å². The molecule has 0 radical (unpaired) electrons. The fourth-order valence-electron chi connectivity index (χ4n) is 4.17. The molecule has 29 heavy (non-hydrogen) atoms. The van der Waals surface area contributed by atoms with E-state index in [1.54, 1.807) is 0 Å². The highest BCUT2D eigenvalue weighted by Gasteiger charge is 2.32. The maximum absolute atomic E-state index is 12.4. The molecule has 2 rings (SSSR count). The number of unbranched alkanes of at least 4 members (excludes halogenated alkanes) is 5. The number of hydrogen-bond acceptors (Lipinski definition) is 4. The SMILES string of the molecule is CCOC(=O)CCCCCCCCN[C@@H]1C[C@H](C)N(C(=O)CC)c2ccccc21. The Kier molecular flexibility index (Phi) is 10.2. The van der Waals surface area contributed by atoms with Gasteiger partial charge in [-0.2, -0.15) is 0 Å². The van der Waals surface area contributed by atoms with Crippen LogP contribution in [0, 0.1) is 0 Å². The lowest BCUT2D eigenvalue weighted by Crippen LogP contribution is -2.45. The largest absolute Gasteiger partial charge is 0.466 e. The van der Waals surface area contributed by atoms with Crippen molar-refractivity contribution >= 4 is 17.6 Å². The maximum Gasteiger partial charge on any atom is 0.305 e. The molecule has 162 valence electrons. The quantitative estimate of drug-likeness (QED) is 0.388. The molecule has 1 heterocycles. The highest BCUT2D eigenvalue weighted by Crippen LogP contribution is 2.37. The lowest BCUT2D eigenvalue weighted by Gasteiger charge is -2.39. The molecule has 0 fully saturated rings. The number of esters is 1. The van der Waals surface area contributed by atoms with E-state index in [0.29, 0.717) is 25.5 Å². The number of fused-ring (bicyclic) bond motifs is 1. The zero-order valence-electron chi connectivity index (χ0n) is 18.4. The fraction of sp³-hybridized carbons (Fsp3) is 0.667. The number of rotatable bonds is 12. The average Bonchev–Trinajstić information content (AvgIpc) is 2.72. The number of ether oxygens (including phenoxy) is 1. The Hall–Kier alpha value is -1.88. The Morgan fingerprint density at radius 2 is 1.76 bits per heavy atom. The molecule has 0 saturated carbocycles. The first-order valence-corrected chi connectivity index (χ1v) is 11.4. The third kappa shape index (κ3) is 7.14. The molecule has 5 heteroatoms. The summed E-state index contributed by atoms with van der Waals surface area (Å²) < 4.78 is 4.95. The van der Waals surface area contributed by atoms with E-state index in [1.165, 1.54) is 24.8 Å². The molecule has 1 aliphatic rings. The van der Waals surface area contributed by atoms with E-state index in [1.807, 2.05) is 24.8 Å². The summed E-state index contributed by atoms with van der Waals surface area (Å²) in [5.74, 6) is 0.129. The van der Waals surface area contributed by atoms with Gasteiger partial charge in [0.2, 0.25) is 5.91 Å². The monoisotopic (exact) mass is 402 g/mol. The second kappa shape index (κ2) is 12.6. The molecule has 1 aliphatic heterocycles. The van der Waals surface area contributed by atoms with Crippen LogP contribution in [0.4, 0.5) is 5.69 Å². The van der Waals surface area contributed by atoms with Crippen LogP contribution in [0.5, 0.6) is 0 Å². The van der Waals surface area contributed by atoms with Crippen LogP contribution in [0.1, 0.15) is 90.2 Å². The number of anilines is 1. The maximum atomic E-state index is 12.4. The molecular formula is C24H38N2O3. The van der Waals surface area contributed by atoms with Crippen molar-refractivity contribution in [1.82, 2.24) is 5.32 Å². The Labute approximate surface area is 176 Å². The van der Waals surface area contributed by atoms with Gasteiger partial charge in [0.25, 0.3) is 0 Å². The van der Waals surface area contributed by atoms with E-state index >= 15 is 0 Å². The van der Waals surface area contributed by atoms with Crippen molar-refractivity contribution in [2.24, 2.45) is 0 Å². The number of benzene rings is 1. The lowest BCUT2D eigenvalue weighted by molar-refractivity contribution is -0.143. The number of nitrogens with zero attached hydrogens (tertiary/aromatic N) is 1. The second-order valence-electron chi connectivity index (χ2n) is 7.94. The van der Waals surface area contributed by atoms with Crippen molar-refractivity contribution < 1.29 is 14.3 Å². The van der Waals surface area contributed by atoms with Gasteiger partial charge in [-0.15, -0.1) is 0 Å². The van der Waals surface area contributed by atoms with E-state index in [-0.39, 0.29) is 17.9 Å². The number of hydrogen-bond donors (Lipinski definition) is 1. The molecule has 1 aromatic carbocycles. The van der Waals surface area contributed by atoms with Crippen molar-refractivity contribution in [3.63, 3.8) is 0 Å². The van der Waals surface area contributed by atoms with Gasteiger partial charge in [-0.3, -0.25) is 9.59 Å². The number of para-hydroxylation sites is 1. The summed E-state index contributed by atoms with van der Waals surface area (Å²) in [7, 11) is 0. The average molecular weight is 403 g/mol. The molecule has 5 nitrogen and oxygen atoms in total. The summed E-state index contributed by atoms with van der Waals surface area (Å²) in [6.45, 7) is 7.39. The van der Waals surface area contributed by atoms with Crippen LogP contribution < -0.4 is 10.2 Å². The Balaban J connectivity index is 1.69. The molecule has 0 unspecified atom stereocenters. The van der Waals surface area contributed by atoms with Gasteiger partial charge < -0.3 is 15.0 Å². The van der Waals surface area contributed by atoms with Crippen LogP contribution in [0.25, 0.3) is 0 Å². The summed E-state index contributed by atoms with van der Waals surface area (Å²) in [5, 5.41) is 3.72. The first-order chi connectivity index (χ1) is 14.1. The fourth-order valence-corrected chi connectivity index (χ4v) is 4.17. The topological polar surface area (TPSA) is 58.6 Å². The minimum absolute atomic E-state index is 0.0714. The minimum Gasteiger partial charge on any atom is -0.466 e. The summed E-state index contributed by atoms with van der Waals surface area (Å²) in [6, 6.07) is 8.84. The highest BCUT2D eigenvalue weighted by atomic mass is 16.5. The van der Waals surface area contributed by atoms with Gasteiger partial charge in [-0.05, 0) is 51.3 Å². The molecule has 1 aromatic rings. The van der Waals surface area contributed by atoms with E-state index in [9.17, 15) is 9.59 Å². The zero-order chi connectivity index (χ0) is 21.1. The summed E-state index contributed by atoms with van der Waals surface area (Å²) in [6.07, 6.45) is 8.82. The predicted molar refractivity (Wildman–Crippen MR) is 118 cm³/mol. The molecule has 2 atom stereocenters. The predicted octanol–water partition coefficient (Wildman–Crippen LogP) is 5.15. The van der Waals surface area contributed by atoms with Crippen molar-refractivity contribution in [3.05, 3.63) is 29.8 Å². The minimum atomic E-state index is -0.0714. The van der Waals surface area contributed by atoms with Gasteiger partial charge in [0.1, 0.15) is 0 Å². The van der Waals surface area contributed by atoms with Crippen LogP contribution in [0.3, 0.4) is 0 Å². The Morgan fingerprint density at radius 3 is 2.48 bits per heavy atom. The molecule has 1 amide bonds. The summed E-state index contributed by atoms with van der Waals surface area (Å²) >= 11 is 0. The number of carbonyl (C=O) groups excluding carboxylic acids is 2. The van der Waals surface area contributed by atoms with Gasteiger partial charge in [0.05, 0.1) is 6.61 Å². The normalized spacial score (nSPS) is 18.4. The first kappa shape index (κ1) is 23.4. The summed E-state index contributed by atoms with van der Waals surface area (Å²) in [4.78, 5) is 25.7. The molecular weight excluding hydrogens is 364 g/mol. The third-order valence-electron chi connectivity index (χ3n) is 5.66. The standard InChI is InChI=1S/C24H38N2O3/c1-4-23(27)26-19(3)18-21(20-14-11-12-15-22(20)26)25-17-13-9-7-6-8-10-16-24(28)29-5-2/h11-12,14-15,19,21,25H,4-10,13,16-18H2,1-3H3/t19-,21+/m0/s1. The number of nitrogens with one attached hydrogen (secondary N) is 1.